The van der Waals surface area contributed by atoms with E-state index in [2.05, 4.69) is 10.3 Å². The van der Waals surface area contributed by atoms with Crippen LogP contribution in [0.4, 0.5) is 0 Å². The molecule has 1 amide bonds. The fourth-order valence-corrected chi connectivity index (χ4v) is 2.95. The summed E-state index contributed by atoms with van der Waals surface area (Å²) in [5.41, 5.74) is -0.247. The number of thiazole rings is 1. The predicted molar refractivity (Wildman–Crippen MR) is 68.0 cm³/mol. The van der Waals surface area contributed by atoms with E-state index in [-0.39, 0.29) is 22.1 Å². The Morgan fingerprint density at radius 3 is 2.61 bits per heavy atom. The molecule has 0 radical (unpaired) electrons. The summed E-state index contributed by atoms with van der Waals surface area (Å²) in [5.74, 6) is -1.37. The number of carboxylic acid groups (broad SMARTS) is 1. The van der Waals surface area contributed by atoms with Crippen LogP contribution in [-0.2, 0) is 0 Å². The quantitative estimate of drug-likeness (QED) is 0.881. The first-order valence-corrected chi connectivity index (χ1v) is 6.89. The lowest BCUT2D eigenvalue weighted by molar-refractivity contribution is 0.0691. The van der Waals surface area contributed by atoms with E-state index < -0.39 is 5.97 Å². The number of aromatic carboxylic acids is 1. The second-order valence-electron chi connectivity index (χ2n) is 4.92. The Morgan fingerprint density at radius 2 is 2.06 bits per heavy atom. The molecule has 0 aromatic carbocycles. The SMILES string of the molecule is CC1(NC(=O)c2nc(C(=O)O)cs2)CCCCC1. The van der Waals surface area contributed by atoms with Gasteiger partial charge in [0, 0.05) is 10.9 Å². The van der Waals surface area contributed by atoms with Crippen LogP contribution in [0.1, 0.15) is 59.3 Å². The second-order valence-corrected chi connectivity index (χ2v) is 5.78. The van der Waals surface area contributed by atoms with E-state index in [4.69, 9.17) is 5.11 Å². The molecule has 5 nitrogen and oxygen atoms in total. The lowest BCUT2D eigenvalue weighted by atomic mass is 9.83. The summed E-state index contributed by atoms with van der Waals surface area (Å²) in [6.07, 6.45) is 5.39. The van der Waals surface area contributed by atoms with Gasteiger partial charge < -0.3 is 10.4 Å². The molecular formula is C12H16N2O3S. The van der Waals surface area contributed by atoms with Gasteiger partial charge >= 0.3 is 5.97 Å². The summed E-state index contributed by atoms with van der Waals surface area (Å²) in [5, 5.41) is 13.4. The van der Waals surface area contributed by atoms with Gasteiger partial charge in [-0.1, -0.05) is 19.3 Å². The van der Waals surface area contributed by atoms with Crippen molar-refractivity contribution < 1.29 is 14.7 Å². The van der Waals surface area contributed by atoms with E-state index in [0.29, 0.717) is 0 Å². The van der Waals surface area contributed by atoms with Gasteiger partial charge in [-0.15, -0.1) is 11.3 Å². The highest BCUT2D eigenvalue weighted by molar-refractivity contribution is 7.11. The minimum absolute atomic E-state index is 0.0704. The molecular weight excluding hydrogens is 252 g/mol. The molecule has 1 aromatic rings. The molecule has 2 rings (SSSR count). The number of amides is 1. The molecule has 0 spiro atoms. The zero-order chi connectivity index (χ0) is 13.2. The number of hydrogen-bond donors (Lipinski definition) is 2. The molecule has 18 heavy (non-hydrogen) atoms. The van der Waals surface area contributed by atoms with Crippen LogP contribution in [-0.4, -0.2) is 27.5 Å². The van der Waals surface area contributed by atoms with E-state index in [0.717, 1.165) is 37.0 Å². The number of carbonyl (C=O) groups excluding carboxylic acids is 1. The summed E-state index contributed by atoms with van der Waals surface area (Å²) in [4.78, 5) is 26.5. The zero-order valence-electron chi connectivity index (χ0n) is 10.2. The number of nitrogens with zero attached hydrogens (tertiary/aromatic N) is 1. The summed E-state index contributed by atoms with van der Waals surface area (Å²) in [7, 11) is 0. The second kappa shape index (κ2) is 5.06. The fraction of sp³-hybridized carbons (Fsp3) is 0.583. The van der Waals surface area contributed by atoms with Crippen molar-refractivity contribution in [1.29, 1.82) is 0 Å². The van der Waals surface area contributed by atoms with Crippen molar-refractivity contribution in [3.63, 3.8) is 0 Å². The van der Waals surface area contributed by atoms with Crippen LogP contribution in [0.25, 0.3) is 0 Å². The van der Waals surface area contributed by atoms with Gasteiger partial charge in [0.25, 0.3) is 5.91 Å². The molecule has 1 fully saturated rings. The molecule has 0 saturated heterocycles. The predicted octanol–water partition coefficient (Wildman–Crippen LogP) is 2.29. The monoisotopic (exact) mass is 268 g/mol. The molecule has 0 bridgehead atoms. The Bertz CT molecular complexity index is 464. The molecule has 0 atom stereocenters. The van der Waals surface area contributed by atoms with Crippen molar-refractivity contribution in [1.82, 2.24) is 10.3 Å². The minimum atomic E-state index is -1.10. The third kappa shape index (κ3) is 2.87. The Kier molecular flexibility index (Phi) is 3.65. The first kappa shape index (κ1) is 13.0. The molecule has 1 saturated carbocycles. The Hall–Kier alpha value is -1.43. The van der Waals surface area contributed by atoms with E-state index >= 15 is 0 Å². The zero-order valence-corrected chi connectivity index (χ0v) is 11.0. The Labute approximate surface area is 109 Å². The van der Waals surface area contributed by atoms with Crippen LogP contribution in [0.3, 0.4) is 0 Å². The summed E-state index contributed by atoms with van der Waals surface area (Å²) < 4.78 is 0. The van der Waals surface area contributed by atoms with Crippen molar-refractivity contribution in [3.05, 3.63) is 16.1 Å². The standard InChI is InChI=1S/C12H16N2O3S/c1-12(5-3-2-4-6-12)14-9(15)10-13-8(7-18-10)11(16)17/h7H,2-6H2,1H3,(H,14,15)(H,16,17). The summed E-state index contributed by atoms with van der Waals surface area (Å²) in [6.45, 7) is 2.04. The molecule has 6 heteroatoms. The number of carbonyl (C=O) groups is 2. The molecule has 1 aliphatic carbocycles. The number of nitrogens with one attached hydrogen (secondary N) is 1. The molecule has 2 N–H and O–H groups in total. The van der Waals surface area contributed by atoms with Crippen LogP contribution in [0, 0.1) is 0 Å². The van der Waals surface area contributed by atoms with Crippen molar-refractivity contribution in [3.8, 4) is 0 Å². The summed E-state index contributed by atoms with van der Waals surface area (Å²) in [6, 6.07) is 0. The third-order valence-electron chi connectivity index (χ3n) is 3.29. The lowest BCUT2D eigenvalue weighted by Crippen LogP contribution is -2.47. The van der Waals surface area contributed by atoms with Crippen LogP contribution in [0.15, 0.2) is 5.38 Å². The van der Waals surface area contributed by atoms with Crippen LogP contribution in [0.5, 0.6) is 0 Å². The van der Waals surface area contributed by atoms with Crippen molar-refractivity contribution >= 4 is 23.2 Å². The third-order valence-corrected chi connectivity index (χ3v) is 4.13. The van der Waals surface area contributed by atoms with E-state index in [1.54, 1.807) is 0 Å². The van der Waals surface area contributed by atoms with Crippen molar-refractivity contribution in [2.45, 2.75) is 44.6 Å². The maximum Gasteiger partial charge on any atom is 0.355 e. The van der Waals surface area contributed by atoms with E-state index in [1.165, 1.54) is 11.8 Å². The van der Waals surface area contributed by atoms with Gasteiger partial charge in [-0.25, -0.2) is 9.78 Å². The topological polar surface area (TPSA) is 79.3 Å². The van der Waals surface area contributed by atoms with Gasteiger partial charge in [-0.2, -0.15) is 0 Å². The van der Waals surface area contributed by atoms with Crippen molar-refractivity contribution in [2.24, 2.45) is 0 Å². The maximum atomic E-state index is 12.0. The van der Waals surface area contributed by atoms with Gasteiger partial charge in [0.15, 0.2) is 10.7 Å². The Balaban J connectivity index is 2.04. The van der Waals surface area contributed by atoms with Gasteiger partial charge in [0.1, 0.15) is 0 Å². The first-order valence-electron chi connectivity index (χ1n) is 6.01. The van der Waals surface area contributed by atoms with E-state index in [9.17, 15) is 9.59 Å². The normalized spacial score (nSPS) is 18.3. The first-order chi connectivity index (χ1) is 8.50. The fourth-order valence-electron chi connectivity index (χ4n) is 2.26. The highest BCUT2D eigenvalue weighted by atomic mass is 32.1. The minimum Gasteiger partial charge on any atom is -0.476 e. The highest BCUT2D eigenvalue weighted by Gasteiger charge is 2.29. The number of carboxylic acids is 1. The van der Waals surface area contributed by atoms with Gasteiger partial charge in [-0.3, -0.25) is 4.79 Å². The largest absolute Gasteiger partial charge is 0.476 e. The van der Waals surface area contributed by atoms with Gasteiger partial charge in [0.2, 0.25) is 0 Å². The molecule has 1 aromatic heterocycles. The van der Waals surface area contributed by atoms with Gasteiger partial charge in [0.05, 0.1) is 0 Å². The molecule has 1 aliphatic rings. The van der Waals surface area contributed by atoms with Gasteiger partial charge in [-0.05, 0) is 19.8 Å². The van der Waals surface area contributed by atoms with Crippen LogP contribution >= 0.6 is 11.3 Å². The number of aromatic nitrogens is 1. The molecule has 0 unspecified atom stereocenters. The number of hydrogen-bond acceptors (Lipinski definition) is 4. The molecule has 98 valence electrons. The number of rotatable bonds is 3. The highest BCUT2D eigenvalue weighted by Crippen LogP contribution is 2.28. The Morgan fingerprint density at radius 1 is 1.39 bits per heavy atom. The maximum absolute atomic E-state index is 12.0. The van der Waals surface area contributed by atoms with Crippen LogP contribution < -0.4 is 5.32 Å². The van der Waals surface area contributed by atoms with Crippen molar-refractivity contribution in [2.75, 3.05) is 0 Å². The average molecular weight is 268 g/mol. The average Bonchev–Trinajstić information content (AvgIpc) is 2.78. The molecule has 0 aliphatic heterocycles. The smallest absolute Gasteiger partial charge is 0.355 e. The molecule has 1 heterocycles. The van der Waals surface area contributed by atoms with E-state index in [1.807, 2.05) is 6.92 Å². The summed E-state index contributed by atoms with van der Waals surface area (Å²) >= 11 is 1.07. The van der Waals surface area contributed by atoms with Crippen LogP contribution in [0.2, 0.25) is 0 Å². The lowest BCUT2D eigenvalue weighted by Gasteiger charge is -2.34.